The number of benzene rings is 1. The zero-order valence-corrected chi connectivity index (χ0v) is 10.8. The van der Waals surface area contributed by atoms with Gasteiger partial charge in [-0.05, 0) is 6.07 Å². The molecule has 2 aromatic rings. The lowest BCUT2D eigenvalue weighted by Crippen LogP contribution is -2.43. The van der Waals surface area contributed by atoms with Crippen molar-refractivity contribution in [2.24, 2.45) is 0 Å². The molecule has 0 unspecified atom stereocenters. The molecule has 0 aliphatic carbocycles. The van der Waals surface area contributed by atoms with E-state index in [1.54, 1.807) is 35.1 Å². The van der Waals surface area contributed by atoms with Gasteiger partial charge in [0.25, 0.3) is 5.91 Å². The van der Waals surface area contributed by atoms with E-state index in [9.17, 15) is 9.90 Å². The predicted octanol–water partition coefficient (Wildman–Crippen LogP) is 0.0580. The van der Waals surface area contributed by atoms with Gasteiger partial charge in [0.1, 0.15) is 5.75 Å². The first-order valence-corrected chi connectivity index (χ1v) is 6.41. The number of amides is 1. The molecule has 7 heteroatoms. The number of aromatic nitrogens is 3. The molecule has 1 aliphatic rings. The van der Waals surface area contributed by atoms with Crippen molar-refractivity contribution >= 4 is 5.91 Å². The Balaban J connectivity index is 1.61. The number of phenols is 1. The summed E-state index contributed by atoms with van der Waals surface area (Å²) in [7, 11) is 0. The zero-order valence-electron chi connectivity index (χ0n) is 10.8. The fourth-order valence-corrected chi connectivity index (χ4v) is 1.95. The fourth-order valence-electron chi connectivity index (χ4n) is 1.95. The highest BCUT2D eigenvalue weighted by Gasteiger charge is 2.21. The second-order valence-corrected chi connectivity index (χ2v) is 4.71. The van der Waals surface area contributed by atoms with E-state index < -0.39 is 0 Å². The summed E-state index contributed by atoms with van der Waals surface area (Å²) in [6.45, 7) is 1.95. The third kappa shape index (κ3) is 2.48. The molecule has 1 saturated heterocycles. The van der Waals surface area contributed by atoms with Gasteiger partial charge < -0.3 is 15.7 Å². The summed E-state index contributed by atoms with van der Waals surface area (Å²) in [6, 6.07) is 7.16. The number of carbonyl (C=O) groups excluding carboxylic acids is 1. The van der Waals surface area contributed by atoms with Crippen molar-refractivity contribution in [3.8, 4) is 5.75 Å². The van der Waals surface area contributed by atoms with Gasteiger partial charge in [-0.3, -0.25) is 4.79 Å². The smallest absolute Gasteiger partial charge is 0.273 e. The molecule has 0 bridgehead atoms. The second kappa shape index (κ2) is 5.30. The van der Waals surface area contributed by atoms with E-state index in [1.807, 2.05) is 0 Å². The van der Waals surface area contributed by atoms with Crippen LogP contribution in [0, 0.1) is 0 Å². The van der Waals surface area contributed by atoms with E-state index in [0.29, 0.717) is 5.56 Å². The molecule has 3 N–H and O–H groups in total. The van der Waals surface area contributed by atoms with Crippen molar-refractivity contribution in [1.82, 2.24) is 25.6 Å². The van der Waals surface area contributed by atoms with E-state index in [0.717, 1.165) is 13.1 Å². The zero-order chi connectivity index (χ0) is 13.9. The van der Waals surface area contributed by atoms with Gasteiger partial charge >= 0.3 is 0 Å². The number of nitrogens with one attached hydrogen (secondary N) is 2. The maximum atomic E-state index is 11.9. The number of hydrogen-bond acceptors (Lipinski definition) is 5. The Morgan fingerprint density at radius 3 is 2.95 bits per heavy atom. The standard InChI is InChI=1S/C13H15N5O2/c19-12-4-2-1-3-9(12)5-15-13(20)11-8-18(17-16-11)10-6-14-7-10/h1-4,8,10,14,19H,5-7H2,(H,15,20). The predicted molar refractivity (Wildman–Crippen MR) is 71.2 cm³/mol. The number of para-hydroxylation sites is 1. The van der Waals surface area contributed by atoms with Gasteiger partial charge in [-0.2, -0.15) is 0 Å². The van der Waals surface area contributed by atoms with Crippen LogP contribution in [0.4, 0.5) is 0 Å². The van der Waals surface area contributed by atoms with Crippen molar-refractivity contribution in [2.45, 2.75) is 12.6 Å². The molecule has 7 nitrogen and oxygen atoms in total. The van der Waals surface area contributed by atoms with Crippen LogP contribution in [-0.2, 0) is 6.54 Å². The maximum Gasteiger partial charge on any atom is 0.273 e. The van der Waals surface area contributed by atoms with Gasteiger partial charge in [0.15, 0.2) is 5.69 Å². The van der Waals surface area contributed by atoms with Crippen LogP contribution in [0.1, 0.15) is 22.1 Å². The summed E-state index contributed by atoms with van der Waals surface area (Å²) >= 11 is 0. The third-order valence-corrected chi connectivity index (χ3v) is 3.31. The van der Waals surface area contributed by atoms with Crippen LogP contribution in [0.2, 0.25) is 0 Å². The monoisotopic (exact) mass is 273 g/mol. The fraction of sp³-hybridized carbons (Fsp3) is 0.308. The van der Waals surface area contributed by atoms with E-state index in [4.69, 9.17) is 0 Å². The van der Waals surface area contributed by atoms with Gasteiger partial charge in [-0.15, -0.1) is 5.10 Å². The van der Waals surface area contributed by atoms with Crippen LogP contribution in [0.25, 0.3) is 0 Å². The largest absolute Gasteiger partial charge is 0.508 e. The van der Waals surface area contributed by atoms with Crippen LogP contribution in [0.5, 0.6) is 5.75 Å². The average Bonchev–Trinajstić information content (AvgIpc) is 2.85. The Hall–Kier alpha value is -2.41. The quantitative estimate of drug-likeness (QED) is 0.732. The maximum absolute atomic E-state index is 11.9. The number of hydrogen-bond donors (Lipinski definition) is 3. The summed E-state index contributed by atoms with van der Waals surface area (Å²) in [4.78, 5) is 11.9. The molecule has 0 spiro atoms. The number of phenolic OH excluding ortho intramolecular Hbond substituents is 1. The third-order valence-electron chi connectivity index (χ3n) is 3.31. The van der Waals surface area contributed by atoms with Crippen molar-refractivity contribution < 1.29 is 9.90 Å². The molecule has 0 radical (unpaired) electrons. The van der Waals surface area contributed by atoms with Crippen LogP contribution >= 0.6 is 0 Å². The first-order valence-electron chi connectivity index (χ1n) is 6.41. The Bertz CT molecular complexity index is 621. The molecule has 1 fully saturated rings. The highest BCUT2D eigenvalue weighted by atomic mass is 16.3. The molecule has 1 aromatic heterocycles. The number of nitrogens with zero attached hydrogens (tertiary/aromatic N) is 3. The normalized spacial score (nSPS) is 14.8. The van der Waals surface area contributed by atoms with Crippen LogP contribution in [-0.4, -0.2) is 39.1 Å². The van der Waals surface area contributed by atoms with E-state index in [1.165, 1.54) is 0 Å². The highest BCUT2D eigenvalue weighted by molar-refractivity contribution is 5.91. The first-order chi connectivity index (χ1) is 9.74. The second-order valence-electron chi connectivity index (χ2n) is 4.71. The summed E-state index contributed by atoms with van der Waals surface area (Å²) in [6.07, 6.45) is 1.64. The van der Waals surface area contributed by atoms with Crippen molar-refractivity contribution in [1.29, 1.82) is 0 Å². The lowest BCUT2D eigenvalue weighted by atomic mass is 10.2. The topological polar surface area (TPSA) is 92.1 Å². The number of aromatic hydroxyl groups is 1. The summed E-state index contributed by atoms with van der Waals surface area (Å²) in [5.41, 5.74) is 0.948. The Morgan fingerprint density at radius 2 is 2.25 bits per heavy atom. The molecule has 3 rings (SSSR count). The number of rotatable bonds is 4. The van der Waals surface area contributed by atoms with Gasteiger partial charge in [0.05, 0.1) is 12.2 Å². The summed E-state index contributed by atoms with van der Waals surface area (Å²) < 4.78 is 1.70. The molecule has 1 aromatic carbocycles. The number of carbonyl (C=O) groups is 1. The lowest BCUT2D eigenvalue weighted by molar-refractivity contribution is 0.0945. The average molecular weight is 273 g/mol. The highest BCUT2D eigenvalue weighted by Crippen LogP contribution is 2.15. The van der Waals surface area contributed by atoms with Gasteiger partial charge in [-0.25, -0.2) is 4.68 Å². The van der Waals surface area contributed by atoms with E-state index >= 15 is 0 Å². The summed E-state index contributed by atoms with van der Waals surface area (Å²) in [5.74, 6) is -0.135. The van der Waals surface area contributed by atoms with Crippen LogP contribution in [0.15, 0.2) is 30.5 Å². The molecule has 1 aliphatic heterocycles. The van der Waals surface area contributed by atoms with Gasteiger partial charge in [-0.1, -0.05) is 23.4 Å². The molecule has 2 heterocycles. The molecule has 104 valence electrons. The SMILES string of the molecule is O=C(NCc1ccccc1O)c1cn(C2CNC2)nn1. The van der Waals surface area contributed by atoms with Crippen molar-refractivity contribution in [3.05, 3.63) is 41.7 Å². The molecule has 0 atom stereocenters. The van der Waals surface area contributed by atoms with Crippen molar-refractivity contribution in [2.75, 3.05) is 13.1 Å². The van der Waals surface area contributed by atoms with Crippen molar-refractivity contribution in [3.63, 3.8) is 0 Å². The molecule has 1 amide bonds. The van der Waals surface area contributed by atoms with Crippen LogP contribution in [0.3, 0.4) is 0 Å². The molecule has 0 saturated carbocycles. The molecule has 20 heavy (non-hydrogen) atoms. The Kier molecular flexibility index (Phi) is 3.34. The van der Waals surface area contributed by atoms with Crippen LogP contribution < -0.4 is 10.6 Å². The molecular weight excluding hydrogens is 258 g/mol. The lowest BCUT2D eigenvalue weighted by Gasteiger charge is -2.26. The minimum absolute atomic E-state index is 0.164. The Morgan fingerprint density at radius 1 is 1.45 bits per heavy atom. The molecular formula is C13H15N5O2. The van der Waals surface area contributed by atoms with Gasteiger partial charge in [0.2, 0.25) is 0 Å². The summed E-state index contributed by atoms with van der Waals surface area (Å²) in [5, 5.41) is 23.3. The van der Waals surface area contributed by atoms with E-state index in [2.05, 4.69) is 20.9 Å². The minimum Gasteiger partial charge on any atom is -0.508 e. The minimum atomic E-state index is -0.299. The van der Waals surface area contributed by atoms with Gasteiger partial charge in [0, 0.05) is 25.2 Å². The first kappa shape index (κ1) is 12.6. The Labute approximate surface area is 115 Å². The van der Waals surface area contributed by atoms with E-state index in [-0.39, 0.29) is 29.9 Å².